The molecule has 0 aliphatic rings. The van der Waals surface area contributed by atoms with Crippen LogP contribution in [0.1, 0.15) is 28.2 Å². The summed E-state index contributed by atoms with van der Waals surface area (Å²) in [6, 6.07) is 3.40. The standard InChI is InChI=1S/C20H11Cl3F7NO2S/c21-13-4-9(5-14(22)17(13)23)11(19(25,26)27)6-15(24)8-1-2-10(12(3-8)20(28,29)30)18(34)31-7-16(32)33/h1-6,11H,7H2,(H,31,34)(H,32,33). The molecule has 1 atom stereocenters. The van der Waals surface area contributed by atoms with Crippen molar-refractivity contribution >= 4 is 63.8 Å². The second-order valence-corrected chi connectivity index (χ2v) is 8.27. The molecule has 34 heavy (non-hydrogen) atoms. The third kappa shape index (κ3) is 6.97. The molecule has 0 spiro atoms. The van der Waals surface area contributed by atoms with Gasteiger partial charge in [-0.1, -0.05) is 59.2 Å². The molecule has 0 saturated carbocycles. The van der Waals surface area contributed by atoms with E-state index in [0.29, 0.717) is 0 Å². The van der Waals surface area contributed by atoms with Crippen LogP contribution in [0.15, 0.2) is 36.4 Å². The monoisotopic (exact) mass is 567 g/mol. The van der Waals surface area contributed by atoms with Crippen LogP contribution in [0.3, 0.4) is 0 Å². The average Bonchev–Trinajstić information content (AvgIpc) is 2.71. The summed E-state index contributed by atoms with van der Waals surface area (Å²) in [5.41, 5.74) is -3.56. The van der Waals surface area contributed by atoms with Crippen molar-refractivity contribution in [3.05, 3.63) is 73.7 Å². The first kappa shape index (κ1) is 28.2. The van der Waals surface area contributed by atoms with E-state index < -0.39 is 63.9 Å². The molecule has 0 radical (unpaired) electrons. The van der Waals surface area contributed by atoms with Gasteiger partial charge in [0.1, 0.15) is 23.3 Å². The number of carboxylic acid groups (broad SMARTS) is 1. The zero-order valence-corrected chi connectivity index (χ0v) is 19.4. The summed E-state index contributed by atoms with van der Waals surface area (Å²) in [7, 11) is 0. The van der Waals surface area contributed by atoms with E-state index >= 15 is 0 Å². The van der Waals surface area contributed by atoms with Gasteiger partial charge < -0.3 is 10.4 Å². The minimum atomic E-state index is -5.08. The predicted octanol–water partition coefficient (Wildman–Crippen LogP) is 7.67. The number of rotatable bonds is 6. The molecule has 0 amide bonds. The van der Waals surface area contributed by atoms with Gasteiger partial charge in [0.15, 0.2) is 0 Å². The Balaban J connectivity index is 2.57. The summed E-state index contributed by atoms with van der Waals surface area (Å²) < 4.78 is 96.3. The van der Waals surface area contributed by atoms with Gasteiger partial charge in [0, 0.05) is 11.1 Å². The van der Waals surface area contributed by atoms with E-state index in [-0.39, 0.29) is 27.2 Å². The van der Waals surface area contributed by atoms with Crippen molar-refractivity contribution in [2.45, 2.75) is 18.3 Å². The predicted molar refractivity (Wildman–Crippen MR) is 118 cm³/mol. The highest BCUT2D eigenvalue weighted by molar-refractivity contribution is 7.80. The van der Waals surface area contributed by atoms with Crippen LogP contribution >= 0.6 is 47.0 Å². The topological polar surface area (TPSA) is 49.3 Å². The third-order valence-electron chi connectivity index (χ3n) is 4.28. The largest absolute Gasteiger partial charge is 0.480 e. The number of hydrogen-bond donors (Lipinski definition) is 2. The number of benzene rings is 2. The number of nitrogens with one attached hydrogen (secondary N) is 1. The van der Waals surface area contributed by atoms with Gasteiger partial charge in [-0.05, 0) is 29.8 Å². The smallest absolute Gasteiger partial charge is 0.417 e. The van der Waals surface area contributed by atoms with E-state index in [1.165, 1.54) is 0 Å². The molecule has 1 unspecified atom stereocenters. The summed E-state index contributed by atoms with van der Waals surface area (Å²) in [6.07, 6.45) is -10.1. The van der Waals surface area contributed by atoms with Crippen molar-refractivity contribution in [3.8, 4) is 0 Å². The number of carbonyl (C=O) groups is 1. The second kappa shape index (κ2) is 10.7. The molecule has 0 fully saturated rings. The minimum absolute atomic E-state index is 0.0755. The molecule has 2 rings (SSSR count). The highest BCUT2D eigenvalue weighted by Crippen LogP contribution is 2.42. The van der Waals surface area contributed by atoms with Gasteiger partial charge in [0.05, 0.1) is 20.6 Å². The number of thiocarbonyl (C=S) groups is 1. The Morgan fingerprint density at radius 1 is 1.06 bits per heavy atom. The van der Waals surface area contributed by atoms with Crippen LogP contribution in [0.4, 0.5) is 30.7 Å². The zero-order chi connectivity index (χ0) is 26.0. The van der Waals surface area contributed by atoms with Crippen LogP contribution in [0.5, 0.6) is 0 Å². The Kier molecular flexibility index (Phi) is 8.84. The molecule has 0 aliphatic heterocycles. The quantitative estimate of drug-likeness (QED) is 0.213. The highest BCUT2D eigenvalue weighted by Gasteiger charge is 2.41. The number of carboxylic acids is 1. The third-order valence-corrected chi connectivity index (χ3v) is 5.84. The first-order chi connectivity index (χ1) is 15.5. The molecule has 2 aromatic rings. The SMILES string of the molecule is O=C(O)CNC(=S)c1ccc(C(F)=CC(c2cc(Cl)c(Cl)c(Cl)c2)C(F)(F)F)cc1C(F)(F)F. The van der Waals surface area contributed by atoms with Crippen LogP contribution in [-0.2, 0) is 11.0 Å². The van der Waals surface area contributed by atoms with Crippen molar-refractivity contribution in [2.75, 3.05) is 6.54 Å². The first-order valence-electron chi connectivity index (χ1n) is 8.82. The van der Waals surface area contributed by atoms with E-state index in [0.717, 1.165) is 24.3 Å². The molecule has 0 heterocycles. The molecule has 0 bridgehead atoms. The fraction of sp³-hybridized carbons (Fsp3) is 0.200. The number of allylic oxidation sites excluding steroid dienone is 1. The maximum absolute atomic E-state index is 14.8. The first-order valence-corrected chi connectivity index (χ1v) is 10.4. The Morgan fingerprint density at radius 3 is 2.09 bits per heavy atom. The van der Waals surface area contributed by atoms with Crippen molar-refractivity contribution in [1.29, 1.82) is 0 Å². The lowest BCUT2D eigenvalue weighted by Gasteiger charge is -2.19. The van der Waals surface area contributed by atoms with E-state index in [1.807, 2.05) is 0 Å². The van der Waals surface area contributed by atoms with E-state index in [2.05, 4.69) is 5.32 Å². The number of aliphatic carboxylic acids is 1. The van der Waals surface area contributed by atoms with E-state index in [1.54, 1.807) is 0 Å². The Hall–Kier alpha value is -2.08. The van der Waals surface area contributed by atoms with Crippen LogP contribution in [0.2, 0.25) is 15.1 Å². The van der Waals surface area contributed by atoms with Crippen molar-refractivity contribution in [3.63, 3.8) is 0 Å². The molecular weight excluding hydrogens is 558 g/mol. The second-order valence-electron chi connectivity index (χ2n) is 6.67. The fourth-order valence-corrected chi connectivity index (χ4v) is 3.62. The van der Waals surface area contributed by atoms with Gasteiger partial charge in [-0.3, -0.25) is 4.79 Å². The van der Waals surface area contributed by atoms with Crippen LogP contribution in [-0.4, -0.2) is 28.8 Å². The summed E-state index contributed by atoms with van der Waals surface area (Å²) in [5, 5.41) is 9.82. The summed E-state index contributed by atoms with van der Waals surface area (Å²) in [6.45, 7) is -0.786. The fourth-order valence-electron chi connectivity index (χ4n) is 2.75. The Bertz CT molecular complexity index is 1130. The number of alkyl halides is 6. The van der Waals surface area contributed by atoms with Gasteiger partial charge >= 0.3 is 18.3 Å². The highest BCUT2D eigenvalue weighted by atomic mass is 35.5. The van der Waals surface area contributed by atoms with Gasteiger partial charge in [-0.2, -0.15) is 26.3 Å². The molecule has 14 heteroatoms. The van der Waals surface area contributed by atoms with Crippen molar-refractivity contribution in [1.82, 2.24) is 5.32 Å². The molecule has 0 aliphatic carbocycles. The maximum atomic E-state index is 14.8. The van der Waals surface area contributed by atoms with Crippen LogP contribution in [0, 0.1) is 0 Å². The van der Waals surface area contributed by atoms with Crippen molar-refractivity contribution < 1.29 is 40.6 Å². The van der Waals surface area contributed by atoms with Gasteiger partial charge in [0.2, 0.25) is 0 Å². The van der Waals surface area contributed by atoms with Crippen LogP contribution in [0.25, 0.3) is 5.83 Å². The zero-order valence-electron chi connectivity index (χ0n) is 16.3. The molecule has 184 valence electrons. The van der Waals surface area contributed by atoms with E-state index in [9.17, 15) is 35.5 Å². The Morgan fingerprint density at radius 2 is 1.62 bits per heavy atom. The van der Waals surface area contributed by atoms with Gasteiger partial charge in [-0.25, -0.2) is 4.39 Å². The molecule has 0 aromatic heterocycles. The number of halogens is 10. The minimum Gasteiger partial charge on any atom is -0.480 e. The molecule has 0 saturated heterocycles. The lowest BCUT2D eigenvalue weighted by atomic mass is 9.95. The van der Waals surface area contributed by atoms with E-state index in [4.69, 9.17) is 52.1 Å². The summed E-state index contributed by atoms with van der Waals surface area (Å²) >= 11 is 22.0. The molecular formula is C20H11Cl3F7NO2S. The van der Waals surface area contributed by atoms with Gasteiger partial charge in [-0.15, -0.1) is 0 Å². The summed E-state index contributed by atoms with van der Waals surface area (Å²) in [5.74, 6) is -5.64. The lowest BCUT2D eigenvalue weighted by molar-refractivity contribution is -0.140. The molecule has 2 aromatic carbocycles. The molecule has 3 nitrogen and oxygen atoms in total. The van der Waals surface area contributed by atoms with Gasteiger partial charge in [0.25, 0.3) is 0 Å². The molecule has 2 N–H and O–H groups in total. The normalized spacial score (nSPS) is 13.5. The average molecular weight is 569 g/mol. The summed E-state index contributed by atoms with van der Waals surface area (Å²) in [4.78, 5) is 10.0. The van der Waals surface area contributed by atoms with Crippen molar-refractivity contribution in [2.24, 2.45) is 0 Å². The Labute approximate surface area is 208 Å². The van der Waals surface area contributed by atoms with Crippen LogP contribution < -0.4 is 5.32 Å². The number of hydrogen-bond acceptors (Lipinski definition) is 2. The lowest BCUT2D eigenvalue weighted by Crippen LogP contribution is -2.30. The maximum Gasteiger partial charge on any atom is 0.417 e.